The van der Waals surface area contributed by atoms with Gasteiger partial charge in [-0.05, 0) is 48.1 Å². The van der Waals surface area contributed by atoms with Crippen LogP contribution in [-0.4, -0.2) is 78.5 Å². The summed E-state index contributed by atoms with van der Waals surface area (Å²) in [6.45, 7) is 2.79. The van der Waals surface area contributed by atoms with Crippen LogP contribution in [0.2, 0.25) is 5.02 Å². The van der Waals surface area contributed by atoms with Crippen LogP contribution in [0, 0.1) is 0 Å². The van der Waals surface area contributed by atoms with Crippen molar-refractivity contribution in [3.8, 4) is 0 Å². The third-order valence-corrected chi connectivity index (χ3v) is 7.73. The Kier molecular flexibility index (Phi) is 11.6. The molecule has 2 aromatic rings. The maximum atomic E-state index is 13.8. The molecule has 0 aromatic heterocycles. The molecule has 2 atom stereocenters. The van der Waals surface area contributed by atoms with Gasteiger partial charge in [0.1, 0.15) is 18.7 Å². The largest absolute Gasteiger partial charge is 0.445 e. The lowest BCUT2D eigenvalue weighted by Gasteiger charge is -2.30. The van der Waals surface area contributed by atoms with E-state index in [0.29, 0.717) is 57.3 Å². The van der Waals surface area contributed by atoms with Gasteiger partial charge in [-0.25, -0.2) is 4.79 Å². The van der Waals surface area contributed by atoms with Crippen LogP contribution in [0.1, 0.15) is 42.4 Å². The summed E-state index contributed by atoms with van der Waals surface area (Å²) >= 11 is 6.13. The quantitative estimate of drug-likeness (QED) is 0.360. The Labute approximate surface area is 250 Å². The van der Waals surface area contributed by atoms with Crippen molar-refractivity contribution in [3.63, 3.8) is 0 Å². The van der Waals surface area contributed by atoms with Gasteiger partial charge in [-0.2, -0.15) is 0 Å². The van der Waals surface area contributed by atoms with E-state index in [1.165, 1.54) is 4.90 Å². The Hall–Kier alpha value is -3.67. The maximum Gasteiger partial charge on any atom is 0.408 e. The molecule has 2 heterocycles. The van der Waals surface area contributed by atoms with Gasteiger partial charge in [0.2, 0.25) is 17.7 Å². The summed E-state index contributed by atoms with van der Waals surface area (Å²) in [5, 5.41) is 6.10. The number of carbonyl (C=O) groups is 4. The maximum absolute atomic E-state index is 13.8. The van der Waals surface area contributed by atoms with E-state index in [-0.39, 0.29) is 37.8 Å². The second-order valence-electron chi connectivity index (χ2n) is 10.3. The fourth-order valence-electron chi connectivity index (χ4n) is 5.16. The van der Waals surface area contributed by atoms with Crippen LogP contribution in [0.15, 0.2) is 48.5 Å². The second-order valence-corrected chi connectivity index (χ2v) is 10.8. The Morgan fingerprint density at radius 2 is 1.81 bits per heavy atom. The van der Waals surface area contributed by atoms with Crippen LogP contribution in [0.25, 0.3) is 0 Å². The van der Waals surface area contributed by atoms with E-state index in [4.69, 9.17) is 26.8 Å². The van der Waals surface area contributed by atoms with Crippen molar-refractivity contribution in [2.75, 3.05) is 32.8 Å². The molecule has 0 saturated carbocycles. The Balaban J connectivity index is 1.41. The van der Waals surface area contributed by atoms with Gasteiger partial charge < -0.3 is 35.6 Å². The third kappa shape index (κ3) is 8.67. The summed E-state index contributed by atoms with van der Waals surface area (Å²) in [4.78, 5) is 55.8. The van der Waals surface area contributed by atoms with E-state index in [9.17, 15) is 19.2 Å². The topological polar surface area (TPSA) is 143 Å². The molecule has 4 N–H and O–H groups in total. The molecule has 42 heavy (non-hydrogen) atoms. The molecule has 12 heteroatoms. The molecule has 4 amide bonds. The summed E-state index contributed by atoms with van der Waals surface area (Å²) in [5.41, 5.74) is 8.29. The SMILES string of the molecule is NCc1ccc(Cl)cc1CNC(=O)[C@@H]1CCCN1C(=O)[C@@H](CCC(=O)N1CCOCC1)NC(=O)OCc1ccccc1. The minimum Gasteiger partial charge on any atom is -0.445 e. The van der Waals surface area contributed by atoms with Gasteiger partial charge in [-0.1, -0.05) is 48.0 Å². The number of nitrogens with zero attached hydrogens (tertiary/aromatic N) is 2. The van der Waals surface area contributed by atoms with E-state index >= 15 is 0 Å². The van der Waals surface area contributed by atoms with Crippen molar-refractivity contribution in [1.82, 2.24) is 20.4 Å². The lowest BCUT2D eigenvalue weighted by molar-refractivity contribution is -0.141. The average Bonchev–Trinajstić information content (AvgIpc) is 3.51. The lowest BCUT2D eigenvalue weighted by atomic mass is 10.1. The summed E-state index contributed by atoms with van der Waals surface area (Å²) in [6, 6.07) is 12.8. The van der Waals surface area contributed by atoms with Gasteiger partial charge in [0.25, 0.3) is 0 Å². The number of alkyl carbamates (subject to hydrolysis) is 1. The van der Waals surface area contributed by atoms with E-state index in [2.05, 4.69) is 10.6 Å². The molecule has 2 fully saturated rings. The highest BCUT2D eigenvalue weighted by Crippen LogP contribution is 2.21. The highest BCUT2D eigenvalue weighted by atomic mass is 35.5. The molecule has 2 aromatic carbocycles. The van der Waals surface area contributed by atoms with Crippen molar-refractivity contribution in [2.45, 2.75) is 57.5 Å². The number of ether oxygens (including phenoxy) is 2. The molecule has 4 rings (SSSR count). The Morgan fingerprint density at radius 1 is 1.05 bits per heavy atom. The first-order chi connectivity index (χ1) is 20.4. The lowest BCUT2D eigenvalue weighted by Crippen LogP contribution is -2.53. The minimum absolute atomic E-state index is 0.0311. The number of halogens is 1. The molecular weight excluding hydrogens is 562 g/mol. The highest BCUT2D eigenvalue weighted by molar-refractivity contribution is 6.30. The highest BCUT2D eigenvalue weighted by Gasteiger charge is 2.38. The summed E-state index contributed by atoms with van der Waals surface area (Å²) < 4.78 is 10.7. The van der Waals surface area contributed by atoms with Gasteiger partial charge >= 0.3 is 6.09 Å². The second kappa shape index (κ2) is 15.5. The predicted molar refractivity (Wildman–Crippen MR) is 156 cm³/mol. The zero-order valence-corrected chi connectivity index (χ0v) is 24.3. The van der Waals surface area contributed by atoms with Gasteiger partial charge in [-0.15, -0.1) is 0 Å². The van der Waals surface area contributed by atoms with E-state index in [0.717, 1.165) is 16.7 Å². The fourth-order valence-corrected chi connectivity index (χ4v) is 5.36. The zero-order chi connectivity index (χ0) is 29.9. The van der Waals surface area contributed by atoms with E-state index < -0.39 is 24.1 Å². The third-order valence-electron chi connectivity index (χ3n) is 7.49. The molecule has 2 saturated heterocycles. The molecule has 0 spiro atoms. The number of amides is 4. The van der Waals surface area contributed by atoms with Crippen molar-refractivity contribution in [3.05, 3.63) is 70.2 Å². The fraction of sp³-hybridized carbons (Fsp3) is 0.467. The zero-order valence-electron chi connectivity index (χ0n) is 23.6. The van der Waals surface area contributed by atoms with Gasteiger partial charge in [0.05, 0.1) is 13.2 Å². The van der Waals surface area contributed by atoms with Crippen LogP contribution < -0.4 is 16.4 Å². The monoisotopic (exact) mass is 599 g/mol. The number of likely N-dealkylation sites (tertiary alicyclic amines) is 1. The molecule has 0 bridgehead atoms. The number of hydrogen-bond donors (Lipinski definition) is 3. The number of benzene rings is 2. The molecule has 0 unspecified atom stereocenters. The molecule has 226 valence electrons. The van der Waals surface area contributed by atoms with Gasteiger partial charge in [0, 0.05) is 44.2 Å². The van der Waals surface area contributed by atoms with E-state index in [1.807, 2.05) is 36.4 Å². The first-order valence-electron chi connectivity index (χ1n) is 14.2. The van der Waals surface area contributed by atoms with Crippen molar-refractivity contribution < 1.29 is 28.7 Å². The van der Waals surface area contributed by atoms with Crippen LogP contribution >= 0.6 is 11.6 Å². The number of morpholine rings is 1. The first-order valence-corrected chi connectivity index (χ1v) is 14.6. The standard InChI is InChI=1S/C30H38ClN5O6/c31-24-9-8-22(18-32)23(17-24)19-33-28(38)26-7-4-12-36(26)29(39)25(10-11-27(37)35-13-15-41-16-14-35)34-30(40)42-20-21-5-2-1-3-6-21/h1-3,5-6,8-9,17,25-26H,4,7,10-16,18-20,32H2,(H,33,38)(H,34,40)/t25-,26+/m1/s1. The van der Waals surface area contributed by atoms with Crippen molar-refractivity contribution in [1.29, 1.82) is 0 Å². The molecule has 2 aliphatic rings. The Bertz CT molecular complexity index is 1240. The molecular formula is C30H38ClN5O6. The molecule has 11 nitrogen and oxygen atoms in total. The van der Waals surface area contributed by atoms with Crippen molar-refractivity contribution in [2.24, 2.45) is 5.73 Å². The van der Waals surface area contributed by atoms with Crippen molar-refractivity contribution >= 4 is 35.4 Å². The van der Waals surface area contributed by atoms with Crippen LogP contribution in [0.5, 0.6) is 0 Å². The number of nitrogens with one attached hydrogen (secondary N) is 2. The number of hydrogen-bond acceptors (Lipinski definition) is 7. The normalized spacial score (nSPS) is 17.4. The molecule has 2 aliphatic heterocycles. The van der Waals surface area contributed by atoms with Crippen LogP contribution in [0.4, 0.5) is 4.79 Å². The molecule has 0 aliphatic carbocycles. The average molecular weight is 600 g/mol. The Morgan fingerprint density at radius 3 is 2.55 bits per heavy atom. The smallest absolute Gasteiger partial charge is 0.408 e. The number of nitrogens with two attached hydrogens (primary N) is 1. The van der Waals surface area contributed by atoms with Gasteiger partial charge in [0.15, 0.2) is 0 Å². The van der Waals surface area contributed by atoms with E-state index in [1.54, 1.807) is 17.0 Å². The summed E-state index contributed by atoms with van der Waals surface area (Å²) in [6.07, 6.45) is 0.465. The number of rotatable bonds is 11. The number of carbonyl (C=O) groups excluding carboxylic acids is 4. The van der Waals surface area contributed by atoms with Gasteiger partial charge in [-0.3, -0.25) is 14.4 Å². The first kappa shape index (κ1) is 31.3. The van der Waals surface area contributed by atoms with Crippen LogP contribution in [-0.2, 0) is 43.6 Å². The van der Waals surface area contributed by atoms with Crippen LogP contribution in [0.3, 0.4) is 0 Å². The summed E-state index contributed by atoms with van der Waals surface area (Å²) in [5.74, 6) is -0.855. The predicted octanol–water partition coefficient (Wildman–Crippen LogP) is 2.34. The summed E-state index contributed by atoms with van der Waals surface area (Å²) in [7, 11) is 0. The molecule has 0 radical (unpaired) electrons. The minimum atomic E-state index is -1.04.